The molecule has 0 fully saturated rings. The lowest BCUT2D eigenvalue weighted by atomic mass is 9.87. The number of benzene rings is 2. The first kappa shape index (κ1) is 18.9. The zero-order chi connectivity index (χ0) is 19.4. The van der Waals surface area contributed by atoms with Gasteiger partial charge in [0.2, 0.25) is 0 Å². The molecular weight excluding hydrogens is 349 g/mol. The summed E-state index contributed by atoms with van der Waals surface area (Å²) in [6.45, 7) is 1.48. The number of methoxy groups -OCH3 is 1. The Morgan fingerprint density at radius 1 is 1.22 bits per heavy atom. The van der Waals surface area contributed by atoms with Crippen LogP contribution in [-0.2, 0) is 16.0 Å². The molecule has 0 saturated heterocycles. The van der Waals surface area contributed by atoms with Crippen LogP contribution in [0.2, 0.25) is 0 Å². The highest BCUT2D eigenvalue weighted by Crippen LogP contribution is 2.29. The van der Waals surface area contributed by atoms with Gasteiger partial charge in [0.1, 0.15) is 11.6 Å². The largest absolute Gasteiger partial charge is 0.497 e. The van der Waals surface area contributed by atoms with Gasteiger partial charge in [0.15, 0.2) is 6.10 Å². The summed E-state index contributed by atoms with van der Waals surface area (Å²) >= 11 is 0. The molecule has 2 aromatic rings. The summed E-state index contributed by atoms with van der Waals surface area (Å²) in [5, 5.41) is 2.93. The van der Waals surface area contributed by atoms with Crippen LogP contribution in [0.5, 0.6) is 5.75 Å². The van der Waals surface area contributed by atoms with Gasteiger partial charge in [-0.25, -0.2) is 9.18 Å². The van der Waals surface area contributed by atoms with E-state index in [4.69, 9.17) is 9.47 Å². The van der Waals surface area contributed by atoms with Crippen molar-refractivity contribution in [3.05, 3.63) is 65.0 Å². The third kappa shape index (κ3) is 4.27. The Bertz CT molecular complexity index is 852. The van der Waals surface area contributed by atoms with Crippen molar-refractivity contribution in [2.24, 2.45) is 0 Å². The van der Waals surface area contributed by atoms with E-state index in [1.54, 1.807) is 0 Å². The van der Waals surface area contributed by atoms with Crippen molar-refractivity contribution in [2.75, 3.05) is 7.11 Å². The normalized spacial score (nSPS) is 16.8. The standard InChI is InChI=1S/C21H22FNO4/c1-13(27-21(25)17-11-10-15(26-2)12-18(17)22)20(24)23-19-9-5-7-14-6-3-4-8-16(14)19/h3-4,6,8,10-13,19H,5,7,9H2,1-2H3,(H,23,24)/t13-,19-/m1/s1. The van der Waals surface area contributed by atoms with E-state index < -0.39 is 23.8 Å². The predicted molar refractivity (Wildman–Crippen MR) is 98.1 cm³/mol. The van der Waals surface area contributed by atoms with Gasteiger partial charge in [-0.3, -0.25) is 4.79 Å². The van der Waals surface area contributed by atoms with Crippen LogP contribution in [-0.4, -0.2) is 25.1 Å². The molecule has 1 aliphatic rings. The zero-order valence-corrected chi connectivity index (χ0v) is 15.3. The average molecular weight is 371 g/mol. The van der Waals surface area contributed by atoms with Crippen LogP contribution in [0.4, 0.5) is 4.39 Å². The summed E-state index contributed by atoms with van der Waals surface area (Å²) in [5.41, 5.74) is 2.08. The molecule has 2 aromatic carbocycles. The van der Waals surface area contributed by atoms with Crippen LogP contribution >= 0.6 is 0 Å². The van der Waals surface area contributed by atoms with Crippen molar-refractivity contribution in [3.63, 3.8) is 0 Å². The van der Waals surface area contributed by atoms with Crippen molar-refractivity contribution < 1.29 is 23.5 Å². The van der Waals surface area contributed by atoms with Crippen LogP contribution in [0.25, 0.3) is 0 Å². The van der Waals surface area contributed by atoms with E-state index in [0.717, 1.165) is 30.9 Å². The molecule has 0 aliphatic heterocycles. The number of hydrogen-bond donors (Lipinski definition) is 1. The first-order valence-corrected chi connectivity index (χ1v) is 8.92. The maximum Gasteiger partial charge on any atom is 0.341 e. The van der Waals surface area contributed by atoms with E-state index >= 15 is 0 Å². The predicted octanol–water partition coefficient (Wildman–Crippen LogP) is 3.57. The summed E-state index contributed by atoms with van der Waals surface area (Å²) in [7, 11) is 1.41. The van der Waals surface area contributed by atoms with Crippen LogP contribution in [0, 0.1) is 5.82 Å². The molecule has 0 bridgehead atoms. The Balaban J connectivity index is 1.64. The monoisotopic (exact) mass is 371 g/mol. The van der Waals surface area contributed by atoms with Crippen LogP contribution in [0.3, 0.4) is 0 Å². The van der Waals surface area contributed by atoms with Crippen molar-refractivity contribution in [2.45, 2.75) is 38.3 Å². The van der Waals surface area contributed by atoms with E-state index in [-0.39, 0.29) is 11.6 Å². The Kier molecular flexibility index (Phi) is 5.74. The lowest BCUT2D eigenvalue weighted by Gasteiger charge is -2.27. The fraction of sp³-hybridized carbons (Fsp3) is 0.333. The van der Waals surface area contributed by atoms with Crippen molar-refractivity contribution in [1.82, 2.24) is 5.32 Å². The number of fused-ring (bicyclic) bond motifs is 1. The second-order valence-corrected chi connectivity index (χ2v) is 6.55. The first-order valence-electron chi connectivity index (χ1n) is 8.92. The fourth-order valence-electron chi connectivity index (χ4n) is 3.26. The maximum absolute atomic E-state index is 14.0. The van der Waals surface area contributed by atoms with E-state index in [1.807, 2.05) is 18.2 Å². The van der Waals surface area contributed by atoms with Crippen LogP contribution < -0.4 is 10.1 Å². The van der Waals surface area contributed by atoms with Crippen LogP contribution in [0.1, 0.15) is 47.3 Å². The topological polar surface area (TPSA) is 64.6 Å². The molecule has 27 heavy (non-hydrogen) atoms. The summed E-state index contributed by atoms with van der Waals surface area (Å²) in [6, 6.07) is 11.7. The smallest absolute Gasteiger partial charge is 0.341 e. The molecule has 6 heteroatoms. The zero-order valence-electron chi connectivity index (χ0n) is 15.3. The minimum absolute atomic E-state index is 0.110. The molecule has 0 aromatic heterocycles. The Morgan fingerprint density at radius 2 is 2.00 bits per heavy atom. The quantitative estimate of drug-likeness (QED) is 0.816. The third-order valence-corrected chi connectivity index (χ3v) is 4.74. The molecule has 142 valence electrons. The van der Waals surface area contributed by atoms with Gasteiger partial charge in [-0.1, -0.05) is 24.3 Å². The Morgan fingerprint density at radius 3 is 2.74 bits per heavy atom. The highest BCUT2D eigenvalue weighted by molar-refractivity contribution is 5.92. The summed E-state index contributed by atoms with van der Waals surface area (Å²) in [5.74, 6) is -1.75. The highest BCUT2D eigenvalue weighted by Gasteiger charge is 2.26. The molecule has 0 heterocycles. The Labute approximate surface area is 157 Å². The number of ether oxygens (including phenoxy) is 2. The SMILES string of the molecule is COc1ccc(C(=O)O[C@H](C)C(=O)N[C@@H]2CCCc3ccccc32)c(F)c1. The minimum Gasteiger partial charge on any atom is -0.497 e. The average Bonchev–Trinajstić information content (AvgIpc) is 2.67. The lowest BCUT2D eigenvalue weighted by molar-refractivity contribution is -0.130. The van der Waals surface area contributed by atoms with E-state index in [1.165, 1.54) is 31.7 Å². The molecule has 5 nitrogen and oxygen atoms in total. The van der Waals surface area contributed by atoms with Crippen molar-refractivity contribution in [1.29, 1.82) is 0 Å². The van der Waals surface area contributed by atoms with Gasteiger partial charge >= 0.3 is 5.97 Å². The molecule has 0 unspecified atom stereocenters. The summed E-state index contributed by atoms with van der Waals surface area (Å²) in [4.78, 5) is 24.7. The molecule has 3 rings (SSSR count). The number of esters is 1. The van der Waals surface area contributed by atoms with Gasteiger partial charge in [-0.05, 0) is 49.4 Å². The van der Waals surface area contributed by atoms with E-state index in [9.17, 15) is 14.0 Å². The molecule has 0 radical (unpaired) electrons. The first-order chi connectivity index (χ1) is 13.0. The highest BCUT2D eigenvalue weighted by atomic mass is 19.1. The number of hydrogen-bond acceptors (Lipinski definition) is 4. The van der Waals surface area contributed by atoms with Crippen molar-refractivity contribution >= 4 is 11.9 Å². The van der Waals surface area contributed by atoms with E-state index in [0.29, 0.717) is 5.75 Å². The maximum atomic E-state index is 14.0. The van der Waals surface area contributed by atoms with Gasteiger partial charge in [0.05, 0.1) is 18.7 Å². The number of amides is 1. The summed E-state index contributed by atoms with van der Waals surface area (Å²) < 4.78 is 24.1. The number of rotatable bonds is 5. The van der Waals surface area contributed by atoms with Gasteiger partial charge in [-0.15, -0.1) is 0 Å². The molecule has 0 saturated carbocycles. The fourth-order valence-corrected chi connectivity index (χ4v) is 3.26. The van der Waals surface area contributed by atoms with Gasteiger partial charge in [0, 0.05) is 6.07 Å². The molecule has 1 amide bonds. The molecule has 2 atom stereocenters. The number of halogens is 1. The van der Waals surface area contributed by atoms with Gasteiger partial charge < -0.3 is 14.8 Å². The number of aryl methyl sites for hydroxylation is 1. The lowest BCUT2D eigenvalue weighted by Crippen LogP contribution is -2.39. The molecule has 0 spiro atoms. The second kappa shape index (κ2) is 8.20. The van der Waals surface area contributed by atoms with Gasteiger partial charge in [0.25, 0.3) is 5.91 Å². The van der Waals surface area contributed by atoms with Crippen molar-refractivity contribution in [3.8, 4) is 5.75 Å². The minimum atomic E-state index is -1.03. The van der Waals surface area contributed by atoms with Gasteiger partial charge in [-0.2, -0.15) is 0 Å². The molecule has 1 aliphatic carbocycles. The molecular formula is C21H22FNO4. The number of carbonyl (C=O) groups excluding carboxylic acids is 2. The van der Waals surface area contributed by atoms with Crippen LogP contribution in [0.15, 0.2) is 42.5 Å². The third-order valence-electron chi connectivity index (χ3n) is 4.74. The number of carbonyl (C=O) groups is 2. The van der Waals surface area contributed by atoms with E-state index in [2.05, 4.69) is 11.4 Å². The molecule has 1 N–H and O–H groups in total. The Hall–Kier alpha value is -2.89. The number of nitrogens with one attached hydrogen (secondary N) is 1. The second-order valence-electron chi connectivity index (χ2n) is 6.55. The summed E-state index contributed by atoms with van der Waals surface area (Å²) in [6.07, 6.45) is 1.76.